The van der Waals surface area contributed by atoms with Crippen molar-refractivity contribution < 1.29 is 0 Å². The van der Waals surface area contributed by atoms with E-state index >= 15 is 0 Å². The number of aryl methyl sites for hydroxylation is 1. The molecule has 0 amide bonds. The number of nitrogens with two attached hydrogens (primary N) is 1. The number of nitrogen functional groups attached to an aromatic ring is 1. The Morgan fingerprint density at radius 2 is 1.88 bits per heavy atom. The third-order valence-corrected chi connectivity index (χ3v) is 3.15. The quantitative estimate of drug-likeness (QED) is 0.747. The van der Waals surface area contributed by atoms with Crippen LogP contribution < -0.4 is 5.73 Å². The Kier molecular flexibility index (Phi) is 5.33. The average molecular weight is 220 g/mol. The van der Waals surface area contributed by atoms with Crippen molar-refractivity contribution in [2.24, 2.45) is 0 Å². The molecule has 1 aromatic rings. The fourth-order valence-electron chi connectivity index (χ4n) is 2.08. The summed E-state index contributed by atoms with van der Waals surface area (Å²) in [6, 6.07) is 8.85. The van der Waals surface area contributed by atoms with E-state index in [4.69, 9.17) is 5.73 Å². The Hall–Kier alpha value is -1.02. The molecule has 1 atom stereocenters. The summed E-state index contributed by atoms with van der Waals surface area (Å²) >= 11 is 0. The number of benzene rings is 1. The molecule has 90 valence electrons. The Labute approximate surface area is 99.5 Å². The minimum absolute atomic E-state index is 0.671. The molecule has 0 aliphatic heterocycles. The lowest BCUT2D eigenvalue weighted by molar-refractivity contribution is 0.262. The van der Waals surface area contributed by atoms with Crippen LogP contribution in [0.2, 0.25) is 0 Å². The summed E-state index contributed by atoms with van der Waals surface area (Å²) in [4.78, 5) is 2.32. The summed E-state index contributed by atoms with van der Waals surface area (Å²) in [5.74, 6) is 0. The molecule has 1 unspecified atom stereocenters. The van der Waals surface area contributed by atoms with Gasteiger partial charge in [-0.2, -0.15) is 0 Å². The molecule has 0 aliphatic rings. The maximum Gasteiger partial charge on any atom is 0.0346 e. The minimum Gasteiger partial charge on any atom is -0.399 e. The van der Waals surface area contributed by atoms with Crippen LogP contribution in [0, 0.1) is 0 Å². The molecule has 0 radical (unpaired) electrons. The van der Waals surface area contributed by atoms with E-state index in [0.717, 1.165) is 12.1 Å². The molecule has 2 nitrogen and oxygen atoms in total. The van der Waals surface area contributed by atoms with E-state index < -0.39 is 0 Å². The topological polar surface area (TPSA) is 29.3 Å². The van der Waals surface area contributed by atoms with Crippen LogP contribution >= 0.6 is 0 Å². The molecular formula is C14H24N2. The standard InChI is InChI=1S/C14H24N2/c1-4-7-13(16(2)3)11-10-12-8-5-6-9-14(12)15/h5-6,8-9,13H,4,7,10-11,15H2,1-3H3. The lowest BCUT2D eigenvalue weighted by atomic mass is 10.0. The fraction of sp³-hybridized carbons (Fsp3) is 0.571. The summed E-state index contributed by atoms with van der Waals surface area (Å²) in [7, 11) is 4.32. The molecule has 0 saturated heterocycles. The average Bonchev–Trinajstić information content (AvgIpc) is 2.26. The molecule has 2 N–H and O–H groups in total. The third kappa shape index (κ3) is 3.86. The van der Waals surface area contributed by atoms with E-state index in [9.17, 15) is 0 Å². The predicted octanol–water partition coefficient (Wildman–Crippen LogP) is 2.93. The lowest BCUT2D eigenvalue weighted by Crippen LogP contribution is -2.28. The molecule has 0 bridgehead atoms. The number of para-hydroxylation sites is 1. The van der Waals surface area contributed by atoms with Crippen LogP contribution in [0.5, 0.6) is 0 Å². The van der Waals surface area contributed by atoms with Crippen LogP contribution in [0.25, 0.3) is 0 Å². The van der Waals surface area contributed by atoms with Crippen molar-refractivity contribution in [3.63, 3.8) is 0 Å². The molecule has 0 aromatic heterocycles. The van der Waals surface area contributed by atoms with E-state index in [0.29, 0.717) is 6.04 Å². The van der Waals surface area contributed by atoms with Crippen molar-refractivity contribution in [1.82, 2.24) is 4.90 Å². The summed E-state index contributed by atoms with van der Waals surface area (Å²) < 4.78 is 0. The first-order chi connectivity index (χ1) is 7.65. The lowest BCUT2D eigenvalue weighted by Gasteiger charge is -2.24. The van der Waals surface area contributed by atoms with Gasteiger partial charge in [-0.25, -0.2) is 0 Å². The van der Waals surface area contributed by atoms with Crippen molar-refractivity contribution in [3.8, 4) is 0 Å². The zero-order valence-corrected chi connectivity index (χ0v) is 10.7. The SMILES string of the molecule is CCCC(CCc1ccccc1N)N(C)C. The van der Waals surface area contributed by atoms with Gasteiger partial charge in [-0.15, -0.1) is 0 Å². The normalized spacial score (nSPS) is 13.0. The molecule has 0 saturated carbocycles. The van der Waals surface area contributed by atoms with Crippen LogP contribution in [0.1, 0.15) is 31.7 Å². The van der Waals surface area contributed by atoms with Crippen molar-refractivity contribution in [3.05, 3.63) is 29.8 Å². The highest BCUT2D eigenvalue weighted by Gasteiger charge is 2.10. The molecule has 2 heteroatoms. The zero-order valence-electron chi connectivity index (χ0n) is 10.7. The van der Waals surface area contributed by atoms with Crippen LogP contribution in [0.4, 0.5) is 5.69 Å². The molecule has 1 rings (SSSR count). The molecule has 16 heavy (non-hydrogen) atoms. The van der Waals surface area contributed by atoms with Gasteiger partial charge >= 0.3 is 0 Å². The highest BCUT2D eigenvalue weighted by atomic mass is 15.1. The van der Waals surface area contributed by atoms with E-state index in [1.54, 1.807) is 0 Å². The van der Waals surface area contributed by atoms with Gasteiger partial charge in [0.2, 0.25) is 0 Å². The van der Waals surface area contributed by atoms with E-state index in [1.807, 2.05) is 12.1 Å². The van der Waals surface area contributed by atoms with Gasteiger partial charge in [0.05, 0.1) is 0 Å². The second kappa shape index (κ2) is 6.54. The number of hydrogen-bond acceptors (Lipinski definition) is 2. The van der Waals surface area contributed by atoms with Crippen molar-refractivity contribution >= 4 is 5.69 Å². The summed E-state index contributed by atoms with van der Waals surface area (Å²) in [6.45, 7) is 2.24. The van der Waals surface area contributed by atoms with Crippen molar-refractivity contribution in [2.75, 3.05) is 19.8 Å². The van der Waals surface area contributed by atoms with E-state index in [2.05, 4.69) is 38.1 Å². The highest BCUT2D eigenvalue weighted by Crippen LogP contribution is 2.16. The van der Waals surface area contributed by atoms with E-state index in [-0.39, 0.29) is 0 Å². The molecule has 0 spiro atoms. The Balaban J connectivity index is 2.52. The second-order valence-corrected chi connectivity index (χ2v) is 4.64. The van der Waals surface area contributed by atoms with Gasteiger partial charge in [-0.1, -0.05) is 31.5 Å². The summed E-state index contributed by atoms with van der Waals surface area (Å²) in [6.07, 6.45) is 4.78. The summed E-state index contributed by atoms with van der Waals surface area (Å²) in [5, 5.41) is 0. The minimum atomic E-state index is 0.671. The fourth-order valence-corrected chi connectivity index (χ4v) is 2.08. The van der Waals surface area contributed by atoms with E-state index in [1.165, 1.54) is 24.8 Å². The Morgan fingerprint density at radius 1 is 1.19 bits per heavy atom. The number of hydrogen-bond donors (Lipinski definition) is 1. The molecule has 1 aromatic carbocycles. The van der Waals surface area contributed by atoms with Crippen LogP contribution in [0.3, 0.4) is 0 Å². The van der Waals surface area contributed by atoms with Crippen LogP contribution in [-0.2, 0) is 6.42 Å². The first-order valence-electron chi connectivity index (χ1n) is 6.15. The third-order valence-electron chi connectivity index (χ3n) is 3.15. The van der Waals surface area contributed by atoms with Crippen molar-refractivity contribution in [1.29, 1.82) is 0 Å². The number of rotatable bonds is 6. The first-order valence-corrected chi connectivity index (χ1v) is 6.15. The van der Waals surface area contributed by atoms with Crippen LogP contribution in [0.15, 0.2) is 24.3 Å². The summed E-state index contributed by atoms with van der Waals surface area (Å²) in [5.41, 5.74) is 8.15. The van der Waals surface area contributed by atoms with Crippen LogP contribution in [-0.4, -0.2) is 25.0 Å². The molecule has 0 heterocycles. The second-order valence-electron chi connectivity index (χ2n) is 4.64. The molecular weight excluding hydrogens is 196 g/mol. The molecule has 0 fully saturated rings. The van der Waals surface area contributed by atoms with Gasteiger partial charge in [0.25, 0.3) is 0 Å². The van der Waals surface area contributed by atoms with Gasteiger partial charge in [0.1, 0.15) is 0 Å². The maximum atomic E-state index is 5.94. The van der Waals surface area contributed by atoms with Gasteiger partial charge in [-0.3, -0.25) is 0 Å². The number of anilines is 1. The Bertz CT molecular complexity index is 307. The predicted molar refractivity (Wildman–Crippen MR) is 71.6 cm³/mol. The smallest absolute Gasteiger partial charge is 0.0346 e. The molecule has 0 aliphatic carbocycles. The Morgan fingerprint density at radius 3 is 2.44 bits per heavy atom. The first kappa shape index (κ1) is 13.0. The highest BCUT2D eigenvalue weighted by molar-refractivity contribution is 5.46. The zero-order chi connectivity index (χ0) is 12.0. The van der Waals surface area contributed by atoms with Gasteiger partial charge < -0.3 is 10.6 Å². The van der Waals surface area contributed by atoms with Gasteiger partial charge in [-0.05, 0) is 45.0 Å². The van der Waals surface area contributed by atoms with Crippen molar-refractivity contribution in [2.45, 2.75) is 38.6 Å². The monoisotopic (exact) mass is 220 g/mol. The maximum absolute atomic E-state index is 5.94. The van der Waals surface area contributed by atoms with Gasteiger partial charge in [0.15, 0.2) is 0 Å². The number of nitrogens with zero attached hydrogens (tertiary/aromatic N) is 1. The largest absolute Gasteiger partial charge is 0.399 e. The van der Waals surface area contributed by atoms with Gasteiger partial charge in [0, 0.05) is 11.7 Å².